The fraction of sp³-hybridized carbons (Fsp3) is 0.250. The van der Waals surface area contributed by atoms with Crippen molar-refractivity contribution in [3.63, 3.8) is 0 Å². The van der Waals surface area contributed by atoms with Gasteiger partial charge in [0.2, 0.25) is 10.0 Å². The van der Waals surface area contributed by atoms with E-state index in [1.54, 1.807) is 12.1 Å². The molecule has 1 heterocycles. The summed E-state index contributed by atoms with van der Waals surface area (Å²) in [5.41, 5.74) is 1.63. The number of nitrogens with one attached hydrogen (secondary N) is 1. The number of rotatable bonds is 6. The van der Waals surface area contributed by atoms with E-state index in [2.05, 4.69) is 11.3 Å². The average Bonchev–Trinajstić information content (AvgIpc) is 3.16. The molecule has 0 aliphatic carbocycles. The molecule has 3 rings (SSSR count). The summed E-state index contributed by atoms with van der Waals surface area (Å²) in [4.78, 5) is 14.9. The first kappa shape index (κ1) is 18.4. The lowest BCUT2D eigenvalue weighted by Crippen LogP contribution is -2.30. The van der Waals surface area contributed by atoms with E-state index in [4.69, 9.17) is 0 Å². The van der Waals surface area contributed by atoms with Crippen molar-refractivity contribution in [2.45, 2.75) is 23.8 Å². The Kier molecular flexibility index (Phi) is 5.54. The van der Waals surface area contributed by atoms with Gasteiger partial charge in [0.25, 0.3) is 5.91 Å². The summed E-state index contributed by atoms with van der Waals surface area (Å²) in [5.74, 6) is -0.0700. The molecule has 1 fully saturated rings. The van der Waals surface area contributed by atoms with Crippen LogP contribution in [0.15, 0.2) is 72.1 Å². The molecule has 1 aliphatic heterocycles. The second-order valence-corrected chi connectivity index (χ2v) is 8.00. The number of carbonyl (C=O) groups excluding carboxylic acids is 1. The molecule has 0 aromatic heterocycles. The quantitative estimate of drug-likeness (QED) is 0.795. The van der Waals surface area contributed by atoms with Crippen molar-refractivity contribution in [1.82, 2.24) is 9.62 Å². The highest BCUT2D eigenvalue weighted by Gasteiger charge is 2.30. The van der Waals surface area contributed by atoms with Crippen LogP contribution in [-0.4, -0.2) is 32.3 Å². The largest absolute Gasteiger partial charge is 0.332 e. The monoisotopic (exact) mass is 370 g/mol. The standard InChI is InChI=1S/C20H22N2O3S/c1-2-14-21-26(24,25)18-12-10-17(11-13-18)20(23)22-15-6-9-19(22)16-7-4-3-5-8-16/h2-5,7-8,10-13,19,21H,1,6,9,14-15H2. The van der Waals surface area contributed by atoms with Crippen LogP contribution < -0.4 is 4.72 Å². The van der Waals surface area contributed by atoms with Crippen LogP contribution in [0.25, 0.3) is 0 Å². The SMILES string of the molecule is C=CCNS(=O)(=O)c1ccc(C(=O)N2CCCC2c2ccccc2)cc1. The molecule has 0 radical (unpaired) electrons. The van der Waals surface area contributed by atoms with Crippen molar-refractivity contribution in [3.8, 4) is 0 Å². The van der Waals surface area contributed by atoms with Crippen molar-refractivity contribution in [1.29, 1.82) is 0 Å². The van der Waals surface area contributed by atoms with E-state index < -0.39 is 10.0 Å². The molecule has 6 heteroatoms. The number of likely N-dealkylation sites (tertiary alicyclic amines) is 1. The molecule has 5 nitrogen and oxygen atoms in total. The van der Waals surface area contributed by atoms with E-state index in [1.807, 2.05) is 35.2 Å². The second-order valence-electron chi connectivity index (χ2n) is 6.23. The Bertz CT molecular complexity index is 877. The third kappa shape index (κ3) is 3.86. The van der Waals surface area contributed by atoms with Gasteiger partial charge < -0.3 is 4.90 Å². The van der Waals surface area contributed by atoms with Gasteiger partial charge in [0, 0.05) is 18.7 Å². The number of amides is 1. The van der Waals surface area contributed by atoms with Crippen LogP contribution >= 0.6 is 0 Å². The Morgan fingerprint density at radius 1 is 1.15 bits per heavy atom. The number of carbonyl (C=O) groups is 1. The molecule has 1 aliphatic rings. The van der Waals surface area contributed by atoms with Gasteiger partial charge in [-0.15, -0.1) is 6.58 Å². The highest BCUT2D eigenvalue weighted by atomic mass is 32.2. The molecule has 136 valence electrons. The summed E-state index contributed by atoms with van der Waals surface area (Å²) >= 11 is 0. The van der Waals surface area contributed by atoms with E-state index >= 15 is 0 Å². The lowest BCUT2D eigenvalue weighted by molar-refractivity contribution is 0.0735. The summed E-state index contributed by atoms with van der Waals surface area (Å²) in [6.45, 7) is 4.36. The Balaban J connectivity index is 1.79. The van der Waals surface area contributed by atoms with Gasteiger partial charge in [-0.25, -0.2) is 13.1 Å². The topological polar surface area (TPSA) is 66.5 Å². The Morgan fingerprint density at radius 3 is 2.50 bits per heavy atom. The lowest BCUT2D eigenvalue weighted by Gasteiger charge is -2.25. The van der Waals surface area contributed by atoms with Crippen LogP contribution in [0, 0.1) is 0 Å². The zero-order valence-corrected chi connectivity index (χ0v) is 15.3. The van der Waals surface area contributed by atoms with E-state index in [9.17, 15) is 13.2 Å². The molecule has 0 bridgehead atoms. The summed E-state index contributed by atoms with van der Waals surface area (Å²) < 4.78 is 26.6. The number of sulfonamides is 1. The fourth-order valence-electron chi connectivity index (χ4n) is 3.23. The second kappa shape index (κ2) is 7.85. The molecule has 1 atom stereocenters. The number of nitrogens with zero attached hydrogens (tertiary/aromatic N) is 1. The molecular formula is C20H22N2O3S. The maximum atomic E-state index is 12.9. The first-order valence-corrected chi connectivity index (χ1v) is 10.1. The normalized spacial score (nSPS) is 17.2. The molecule has 1 saturated heterocycles. The summed E-state index contributed by atoms with van der Waals surface area (Å²) in [6, 6.07) is 16.1. The number of hydrogen-bond donors (Lipinski definition) is 1. The van der Waals surface area contributed by atoms with Crippen LogP contribution in [0.3, 0.4) is 0 Å². The van der Waals surface area contributed by atoms with Gasteiger partial charge in [0.15, 0.2) is 0 Å². The molecule has 1 unspecified atom stereocenters. The van der Waals surface area contributed by atoms with Gasteiger partial charge in [0.05, 0.1) is 10.9 Å². The third-order valence-corrected chi connectivity index (χ3v) is 5.97. The molecular weight excluding hydrogens is 348 g/mol. The molecule has 2 aromatic carbocycles. The van der Waals surface area contributed by atoms with Crippen molar-refractivity contribution in [3.05, 3.63) is 78.4 Å². The number of hydrogen-bond acceptors (Lipinski definition) is 3. The van der Waals surface area contributed by atoms with Crippen LogP contribution in [-0.2, 0) is 10.0 Å². The van der Waals surface area contributed by atoms with Crippen molar-refractivity contribution in [2.24, 2.45) is 0 Å². The average molecular weight is 370 g/mol. The Morgan fingerprint density at radius 2 is 1.85 bits per heavy atom. The van der Waals surface area contributed by atoms with Crippen LogP contribution in [0.2, 0.25) is 0 Å². The zero-order valence-electron chi connectivity index (χ0n) is 14.5. The molecule has 0 spiro atoms. The van der Waals surface area contributed by atoms with Crippen molar-refractivity contribution in [2.75, 3.05) is 13.1 Å². The van der Waals surface area contributed by atoms with Gasteiger partial charge in [-0.2, -0.15) is 0 Å². The number of benzene rings is 2. The predicted octanol–water partition coefficient (Wildman–Crippen LogP) is 3.13. The van der Waals surface area contributed by atoms with Crippen molar-refractivity contribution >= 4 is 15.9 Å². The zero-order chi connectivity index (χ0) is 18.6. The van der Waals surface area contributed by atoms with Gasteiger partial charge in [-0.05, 0) is 42.7 Å². The van der Waals surface area contributed by atoms with E-state index in [0.29, 0.717) is 12.1 Å². The summed E-state index contributed by atoms with van der Waals surface area (Å²) in [6.07, 6.45) is 3.38. The molecule has 2 aromatic rings. The van der Waals surface area contributed by atoms with E-state index in [0.717, 1.165) is 18.4 Å². The van der Waals surface area contributed by atoms with Gasteiger partial charge in [-0.3, -0.25) is 4.79 Å². The fourth-order valence-corrected chi connectivity index (χ4v) is 4.22. The summed E-state index contributed by atoms with van der Waals surface area (Å²) in [5, 5.41) is 0. The minimum Gasteiger partial charge on any atom is -0.332 e. The minimum absolute atomic E-state index is 0.0700. The third-order valence-electron chi connectivity index (χ3n) is 4.53. The lowest BCUT2D eigenvalue weighted by atomic mass is 10.0. The Labute approximate surface area is 154 Å². The maximum Gasteiger partial charge on any atom is 0.254 e. The van der Waals surface area contributed by atoms with Crippen LogP contribution in [0.5, 0.6) is 0 Å². The molecule has 26 heavy (non-hydrogen) atoms. The summed E-state index contributed by atoms with van der Waals surface area (Å²) in [7, 11) is -3.58. The highest BCUT2D eigenvalue weighted by molar-refractivity contribution is 7.89. The molecule has 1 amide bonds. The first-order chi connectivity index (χ1) is 12.5. The van der Waals surface area contributed by atoms with E-state index in [-0.39, 0.29) is 23.4 Å². The van der Waals surface area contributed by atoms with Gasteiger partial charge >= 0.3 is 0 Å². The highest BCUT2D eigenvalue weighted by Crippen LogP contribution is 2.33. The maximum absolute atomic E-state index is 12.9. The molecule has 0 saturated carbocycles. The van der Waals surface area contributed by atoms with Crippen LogP contribution in [0.4, 0.5) is 0 Å². The Hall–Kier alpha value is -2.44. The van der Waals surface area contributed by atoms with Crippen molar-refractivity contribution < 1.29 is 13.2 Å². The first-order valence-electron chi connectivity index (χ1n) is 8.59. The van der Waals surface area contributed by atoms with Gasteiger partial charge in [-0.1, -0.05) is 36.4 Å². The smallest absolute Gasteiger partial charge is 0.254 e. The van der Waals surface area contributed by atoms with Crippen LogP contribution in [0.1, 0.15) is 34.8 Å². The molecule has 1 N–H and O–H groups in total. The van der Waals surface area contributed by atoms with Gasteiger partial charge in [0.1, 0.15) is 0 Å². The minimum atomic E-state index is -3.58. The predicted molar refractivity (Wildman–Crippen MR) is 101 cm³/mol. The van der Waals surface area contributed by atoms with E-state index in [1.165, 1.54) is 18.2 Å².